The first kappa shape index (κ1) is 23.7. The van der Waals surface area contributed by atoms with E-state index in [9.17, 15) is 4.79 Å². The van der Waals surface area contributed by atoms with Gasteiger partial charge in [-0.2, -0.15) is 4.98 Å². The van der Waals surface area contributed by atoms with Gasteiger partial charge in [0.05, 0.1) is 10.9 Å². The molecular weight excluding hydrogens is 484 g/mol. The molecule has 1 saturated carbocycles. The van der Waals surface area contributed by atoms with Crippen molar-refractivity contribution in [2.75, 3.05) is 5.32 Å². The Balaban J connectivity index is 1.32. The summed E-state index contributed by atoms with van der Waals surface area (Å²) in [6.07, 6.45) is 3.76. The second-order valence-electron chi connectivity index (χ2n) is 10.1. The summed E-state index contributed by atoms with van der Waals surface area (Å²) in [6.45, 7) is 5.53. The van der Waals surface area contributed by atoms with Crippen molar-refractivity contribution in [3.8, 4) is 0 Å². The van der Waals surface area contributed by atoms with Gasteiger partial charge >= 0.3 is 5.97 Å². The van der Waals surface area contributed by atoms with E-state index < -0.39 is 36.5 Å². The maximum absolute atomic E-state index is 13.0. The third kappa shape index (κ3) is 4.24. The molecule has 2 aromatic heterocycles. The minimum atomic E-state index is -0.959. The van der Waals surface area contributed by atoms with Crippen LogP contribution in [0.1, 0.15) is 61.7 Å². The summed E-state index contributed by atoms with van der Waals surface area (Å²) in [5.74, 6) is -0.636. The van der Waals surface area contributed by atoms with E-state index >= 15 is 0 Å². The highest BCUT2D eigenvalue weighted by Gasteiger charge is 2.58. The molecule has 0 unspecified atom stereocenters. The van der Waals surface area contributed by atoms with Crippen molar-refractivity contribution in [3.05, 3.63) is 52.9 Å². The van der Waals surface area contributed by atoms with Crippen LogP contribution in [0.25, 0.3) is 11.0 Å². The normalized spacial score (nSPS) is 27.4. The van der Waals surface area contributed by atoms with E-state index in [4.69, 9.17) is 30.5 Å². The lowest BCUT2D eigenvalue weighted by atomic mass is 10.1. The number of esters is 1. The van der Waals surface area contributed by atoms with Crippen LogP contribution in [-0.2, 0) is 18.9 Å². The minimum Gasteiger partial charge on any atom is -0.429 e. The maximum Gasteiger partial charge on any atom is 0.340 e. The first-order valence-electron chi connectivity index (χ1n) is 12.4. The van der Waals surface area contributed by atoms with Crippen molar-refractivity contribution in [1.82, 2.24) is 14.5 Å². The van der Waals surface area contributed by atoms with Crippen molar-refractivity contribution >= 4 is 34.4 Å². The highest BCUT2D eigenvalue weighted by atomic mass is 35.5. The van der Waals surface area contributed by atoms with E-state index in [1.807, 2.05) is 49.7 Å². The Morgan fingerprint density at radius 1 is 1.14 bits per heavy atom. The SMILES string of the molecule is Cc1ccccc1C(=O)O[C@H]1O[C@@H](n2ccc3c(NC4CCCC4)nc(Cl)nc32)[C@@H]2OC(C)(C)O[C@@H]12. The predicted molar refractivity (Wildman–Crippen MR) is 133 cm³/mol. The Hall–Kier alpha value is -2.72. The Morgan fingerprint density at radius 2 is 1.89 bits per heavy atom. The third-order valence-electron chi connectivity index (χ3n) is 7.09. The number of halogens is 1. The van der Waals surface area contributed by atoms with Crippen LogP contribution >= 0.6 is 11.6 Å². The summed E-state index contributed by atoms with van der Waals surface area (Å²) in [7, 11) is 0. The van der Waals surface area contributed by atoms with Gasteiger partial charge in [0.15, 0.2) is 18.1 Å². The number of ether oxygens (including phenoxy) is 4. The van der Waals surface area contributed by atoms with E-state index in [0.717, 1.165) is 23.8 Å². The molecule has 1 aliphatic carbocycles. The standard InChI is InChI=1S/C26H29ClN4O5/c1-14-8-4-7-11-16(14)23(32)34-24-19-18(35-26(2,3)36-19)22(33-24)31-13-12-17-20(28-15-9-5-6-10-15)29-25(27)30-21(17)31/h4,7-8,11-13,15,18-19,22,24H,5-6,9-10H2,1-3H3,(H,28,29,30)/t18-,19-,22-,24-/m1/s1. The molecule has 0 spiro atoms. The van der Waals surface area contributed by atoms with Crippen LogP contribution in [-0.4, -0.2) is 50.8 Å². The number of aromatic nitrogens is 3. The van der Waals surface area contributed by atoms with Crippen LogP contribution in [0.4, 0.5) is 5.82 Å². The van der Waals surface area contributed by atoms with Crippen LogP contribution in [0.3, 0.4) is 0 Å². The van der Waals surface area contributed by atoms with Gasteiger partial charge in [0.25, 0.3) is 0 Å². The van der Waals surface area contributed by atoms with Gasteiger partial charge in [-0.25, -0.2) is 9.78 Å². The molecule has 190 valence electrons. The van der Waals surface area contributed by atoms with Crippen molar-refractivity contribution in [2.45, 2.75) is 83.0 Å². The first-order chi connectivity index (χ1) is 17.3. The maximum atomic E-state index is 13.0. The Labute approximate surface area is 214 Å². The molecule has 9 nitrogen and oxygen atoms in total. The van der Waals surface area contributed by atoms with Crippen LogP contribution in [0.5, 0.6) is 0 Å². The van der Waals surface area contributed by atoms with Crippen LogP contribution < -0.4 is 5.32 Å². The van der Waals surface area contributed by atoms with Crippen LogP contribution in [0, 0.1) is 6.92 Å². The average molecular weight is 513 g/mol. The zero-order valence-corrected chi connectivity index (χ0v) is 21.2. The van der Waals surface area contributed by atoms with Gasteiger partial charge in [-0.15, -0.1) is 0 Å². The zero-order valence-electron chi connectivity index (χ0n) is 20.4. The van der Waals surface area contributed by atoms with Gasteiger partial charge in [0.1, 0.15) is 17.6 Å². The average Bonchev–Trinajstić information content (AvgIpc) is 3.59. The van der Waals surface area contributed by atoms with Gasteiger partial charge in [0, 0.05) is 12.2 Å². The van der Waals surface area contributed by atoms with Gasteiger partial charge in [-0.3, -0.25) is 0 Å². The molecule has 0 amide bonds. The lowest BCUT2D eigenvalue weighted by Gasteiger charge is -2.25. The monoisotopic (exact) mass is 512 g/mol. The number of carbonyl (C=O) groups excluding carboxylic acids is 1. The second-order valence-corrected chi connectivity index (χ2v) is 10.4. The van der Waals surface area contributed by atoms with Crippen molar-refractivity contribution in [3.63, 3.8) is 0 Å². The number of fused-ring (bicyclic) bond motifs is 2. The quantitative estimate of drug-likeness (QED) is 0.377. The molecule has 4 heterocycles. The highest BCUT2D eigenvalue weighted by Crippen LogP contribution is 2.45. The number of aryl methyl sites for hydroxylation is 1. The summed E-state index contributed by atoms with van der Waals surface area (Å²) in [6, 6.07) is 9.58. The van der Waals surface area contributed by atoms with Crippen LogP contribution in [0.2, 0.25) is 5.28 Å². The van der Waals surface area contributed by atoms with Crippen LogP contribution in [0.15, 0.2) is 36.5 Å². The summed E-state index contributed by atoms with van der Waals surface area (Å²) >= 11 is 6.34. The Morgan fingerprint density at radius 3 is 2.67 bits per heavy atom. The molecule has 0 bridgehead atoms. The number of nitrogens with zero attached hydrogens (tertiary/aromatic N) is 3. The molecule has 3 fully saturated rings. The van der Waals surface area contributed by atoms with E-state index in [2.05, 4.69) is 15.3 Å². The Bertz CT molecular complexity index is 1300. The molecule has 6 rings (SSSR count). The van der Waals surface area contributed by atoms with E-state index in [-0.39, 0.29) is 5.28 Å². The lowest BCUT2D eigenvalue weighted by molar-refractivity contribution is -0.230. The molecule has 3 aromatic rings. The minimum absolute atomic E-state index is 0.143. The number of hydrogen-bond acceptors (Lipinski definition) is 8. The van der Waals surface area contributed by atoms with E-state index in [1.54, 1.807) is 12.1 Å². The second kappa shape index (κ2) is 8.99. The van der Waals surface area contributed by atoms with Gasteiger partial charge < -0.3 is 28.8 Å². The van der Waals surface area contributed by atoms with Crippen molar-refractivity contribution < 1.29 is 23.7 Å². The molecule has 1 aromatic carbocycles. The number of hydrogen-bond donors (Lipinski definition) is 1. The topological polar surface area (TPSA) is 96.7 Å². The highest BCUT2D eigenvalue weighted by molar-refractivity contribution is 6.28. The lowest BCUT2D eigenvalue weighted by Crippen LogP contribution is -2.33. The molecule has 0 radical (unpaired) electrons. The van der Waals surface area contributed by atoms with Gasteiger partial charge in [0.2, 0.25) is 11.6 Å². The zero-order chi connectivity index (χ0) is 25.0. The molecular formula is C26H29ClN4O5. The number of nitrogens with one attached hydrogen (secondary N) is 1. The summed E-state index contributed by atoms with van der Waals surface area (Å²) < 4.78 is 26.3. The smallest absolute Gasteiger partial charge is 0.340 e. The fourth-order valence-corrected chi connectivity index (χ4v) is 5.58. The molecule has 3 aliphatic rings. The summed E-state index contributed by atoms with van der Waals surface area (Å²) in [4.78, 5) is 21.9. The molecule has 36 heavy (non-hydrogen) atoms. The van der Waals surface area contributed by atoms with Crippen molar-refractivity contribution in [2.24, 2.45) is 0 Å². The van der Waals surface area contributed by atoms with Gasteiger partial charge in [-0.1, -0.05) is 31.0 Å². The molecule has 10 heteroatoms. The summed E-state index contributed by atoms with van der Waals surface area (Å²) in [5.41, 5.74) is 1.91. The predicted octanol–water partition coefficient (Wildman–Crippen LogP) is 4.98. The number of carbonyl (C=O) groups is 1. The van der Waals surface area contributed by atoms with Crippen molar-refractivity contribution in [1.29, 1.82) is 0 Å². The molecule has 2 saturated heterocycles. The Kier molecular flexibility index (Phi) is 5.91. The number of anilines is 1. The fraction of sp³-hybridized carbons (Fsp3) is 0.500. The number of benzene rings is 1. The largest absolute Gasteiger partial charge is 0.429 e. The molecule has 4 atom stereocenters. The number of rotatable bonds is 5. The van der Waals surface area contributed by atoms with E-state index in [0.29, 0.717) is 23.1 Å². The summed E-state index contributed by atoms with van der Waals surface area (Å²) in [5, 5.41) is 4.51. The van der Waals surface area contributed by atoms with E-state index in [1.165, 1.54) is 12.8 Å². The third-order valence-corrected chi connectivity index (χ3v) is 7.26. The van der Waals surface area contributed by atoms with Gasteiger partial charge in [-0.05, 0) is 62.9 Å². The fourth-order valence-electron chi connectivity index (χ4n) is 5.42. The molecule has 2 aliphatic heterocycles. The first-order valence-corrected chi connectivity index (χ1v) is 12.8. The molecule has 1 N–H and O–H groups in total.